The molecule has 0 aliphatic heterocycles. The fourth-order valence-corrected chi connectivity index (χ4v) is 5.13. The van der Waals surface area contributed by atoms with Gasteiger partial charge in [-0.15, -0.1) is 0 Å². The Labute approximate surface area is 233 Å². The Bertz CT molecular complexity index is 880. The second kappa shape index (κ2) is 18.8. The van der Waals surface area contributed by atoms with Crippen LogP contribution < -0.4 is 4.74 Å². The number of carbonyl (C=O) groups excluding carboxylic acids is 1. The largest absolute Gasteiger partial charge is 0.493 e. The van der Waals surface area contributed by atoms with E-state index in [1.165, 1.54) is 75.3 Å². The third-order valence-electron chi connectivity index (χ3n) is 7.14. The third kappa shape index (κ3) is 14.6. The second-order valence-electron chi connectivity index (χ2n) is 11.6. The van der Waals surface area contributed by atoms with E-state index >= 15 is 0 Å². The Hall–Kier alpha value is -2.33. The number of nitrogens with zero attached hydrogens (tertiary/aromatic N) is 1. The predicted octanol–water partition coefficient (Wildman–Crippen LogP) is 8.37. The number of rotatable bonds is 21. The van der Waals surface area contributed by atoms with Gasteiger partial charge in [-0.1, -0.05) is 107 Å². The summed E-state index contributed by atoms with van der Waals surface area (Å²) < 4.78 is 12.2. The Morgan fingerprint density at radius 1 is 0.763 bits per heavy atom. The molecule has 0 bridgehead atoms. The predicted molar refractivity (Wildman–Crippen MR) is 159 cm³/mol. The molecule has 4 nitrogen and oxygen atoms in total. The van der Waals surface area contributed by atoms with Crippen LogP contribution in [0.3, 0.4) is 0 Å². The van der Waals surface area contributed by atoms with Crippen LogP contribution in [0.25, 0.3) is 0 Å². The molecule has 0 N–H and O–H groups in total. The van der Waals surface area contributed by atoms with E-state index in [9.17, 15) is 4.79 Å². The summed E-state index contributed by atoms with van der Waals surface area (Å²) in [5.41, 5.74) is 2.63. The van der Waals surface area contributed by atoms with E-state index in [1.54, 1.807) is 0 Å². The van der Waals surface area contributed by atoms with Gasteiger partial charge >= 0.3 is 5.97 Å². The van der Waals surface area contributed by atoms with Crippen molar-refractivity contribution in [3.8, 4) is 5.75 Å². The van der Waals surface area contributed by atoms with Crippen LogP contribution in [0.15, 0.2) is 54.6 Å². The van der Waals surface area contributed by atoms with Gasteiger partial charge in [0.2, 0.25) is 0 Å². The lowest BCUT2D eigenvalue weighted by Crippen LogP contribution is -2.44. The molecule has 0 saturated heterocycles. The molecule has 2 rings (SSSR count). The SMILES string of the molecule is CCCCCCCCCCCCc1cccc(OCCCOC(=O)C(C)C[N+](C)(C)Cc2ccccc2)c1. The number of ether oxygens (including phenoxy) is 2. The maximum absolute atomic E-state index is 12.5. The molecule has 0 aromatic heterocycles. The first-order valence-corrected chi connectivity index (χ1v) is 15.1. The van der Waals surface area contributed by atoms with E-state index < -0.39 is 0 Å². The van der Waals surface area contributed by atoms with Crippen LogP contribution in [-0.4, -0.2) is 44.3 Å². The molecule has 2 aromatic rings. The van der Waals surface area contributed by atoms with Gasteiger partial charge in [0, 0.05) is 12.0 Å². The van der Waals surface area contributed by atoms with Crippen molar-refractivity contribution in [2.24, 2.45) is 5.92 Å². The first-order valence-electron chi connectivity index (χ1n) is 15.1. The molecule has 4 heteroatoms. The molecule has 0 heterocycles. The molecule has 0 aliphatic rings. The number of unbranched alkanes of at least 4 members (excludes halogenated alkanes) is 9. The van der Waals surface area contributed by atoms with Crippen LogP contribution in [0.2, 0.25) is 0 Å². The highest BCUT2D eigenvalue weighted by atomic mass is 16.5. The Morgan fingerprint density at radius 2 is 1.39 bits per heavy atom. The number of carbonyl (C=O) groups is 1. The van der Waals surface area contributed by atoms with Gasteiger partial charge in [-0.2, -0.15) is 0 Å². The van der Waals surface area contributed by atoms with Gasteiger partial charge in [0.05, 0.1) is 33.9 Å². The zero-order chi connectivity index (χ0) is 27.5. The number of quaternary nitrogens is 1. The molecule has 212 valence electrons. The summed E-state index contributed by atoms with van der Waals surface area (Å²) in [6.07, 6.45) is 15.4. The highest BCUT2D eigenvalue weighted by Gasteiger charge is 2.25. The van der Waals surface area contributed by atoms with Gasteiger partial charge < -0.3 is 14.0 Å². The Kier molecular flexibility index (Phi) is 15.8. The molecule has 0 radical (unpaired) electrons. The number of benzene rings is 2. The van der Waals surface area contributed by atoms with Crippen LogP contribution in [0.5, 0.6) is 5.75 Å². The fraction of sp³-hybridized carbons (Fsp3) is 0.618. The van der Waals surface area contributed by atoms with Crippen LogP contribution in [0, 0.1) is 5.92 Å². The lowest BCUT2D eigenvalue weighted by atomic mass is 10.0. The molecular formula is C34H54NO3+. The standard InChI is InChI=1S/C34H54NO3/c1-5-6-7-8-9-10-11-12-13-15-20-31-23-18-24-33(27-31)37-25-19-26-38-34(36)30(2)28-35(3,4)29-32-21-16-14-17-22-32/h14,16-18,21-24,27,30H,5-13,15,19-20,25-26,28-29H2,1-4H3/q+1. The van der Waals surface area contributed by atoms with Crippen molar-refractivity contribution in [1.29, 1.82) is 0 Å². The molecule has 1 unspecified atom stereocenters. The van der Waals surface area contributed by atoms with Crippen molar-refractivity contribution >= 4 is 5.97 Å². The number of esters is 1. The van der Waals surface area contributed by atoms with Crippen molar-refractivity contribution in [3.05, 3.63) is 65.7 Å². The molecule has 0 amide bonds. The first kappa shape index (κ1) is 31.9. The van der Waals surface area contributed by atoms with Gasteiger partial charge in [-0.05, 0) is 37.5 Å². The van der Waals surface area contributed by atoms with Crippen LogP contribution in [-0.2, 0) is 22.5 Å². The lowest BCUT2D eigenvalue weighted by molar-refractivity contribution is -0.905. The van der Waals surface area contributed by atoms with Crippen LogP contribution in [0.1, 0.15) is 95.6 Å². The van der Waals surface area contributed by atoms with Crippen molar-refractivity contribution in [1.82, 2.24) is 0 Å². The van der Waals surface area contributed by atoms with Crippen LogP contribution in [0.4, 0.5) is 0 Å². The second-order valence-corrected chi connectivity index (χ2v) is 11.6. The summed E-state index contributed by atoms with van der Waals surface area (Å²) in [6.45, 7) is 6.83. The zero-order valence-corrected chi connectivity index (χ0v) is 24.8. The van der Waals surface area contributed by atoms with E-state index in [-0.39, 0.29) is 11.9 Å². The van der Waals surface area contributed by atoms with Crippen molar-refractivity contribution in [2.45, 2.75) is 97.4 Å². The molecular weight excluding hydrogens is 470 g/mol. The van der Waals surface area contributed by atoms with E-state index in [0.717, 1.165) is 29.7 Å². The van der Waals surface area contributed by atoms with Gasteiger partial charge in [-0.3, -0.25) is 4.79 Å². The molecule has 2 aromatic carbocycles. The highest BCUT2D eigenvalue weighted by molar-refractivity contribution is 5.72. The van der Waals surface area contributed by atoms with Crippen molar-refractivity contribution in [3.63, 3.8) is 0 Å². The minimum absolute atomic E-state index is 0.122. The van der Waals surface area contributed by atoms with Crippen molar-refractivity contribution in [2.75, 3.05) is 33.9 Å². The van der Waals surface area contributed by atoms with Gasteiger partial charge in [0.25, 0.3) is 0 Å². The number of hydrogen-bond acceptors (Lipinski definition) is 3. The summed E-state index contributed by atoms with van der Waals surface area (Å²) in [6, 6.07) is 18.9. The molecule has 0 saturated carbocycles. The fourth-order valence-electron chi connectivity index (χ4n) is 5.13. The quantitative estimate of drug-likeness (QED) is 0.0934. The van der Waals surface area contributed by atoms with E-state index in [1.807, 2.05) is 19.1 Å². The third-order valence-corrected chi connectivity index (χ3v) is 7.14. The summed E-state index contributed by atoms with van der Waals surface area (Å²) in [7, 11) is 4.32. The molecule has 1 atom stereocenters. The Balaban J connectivity index is 1.55. The average molecular weight is 525 g/mol. The normalized spacial score (nSPS) is 12.3. The summed E-state index contributed by atoms with van der Waals surface area (Å²) in [4.78, 5) is 12.5. The maximum atomic E-state index is 12.5. The van der Waals surface area contributed by atoms with E-state index in [4.69, 9.17) is 9.47 Å². The minimum atomic E-state index is -0.142. The summed E-state index contributed by atoms with van der Waals surface area (Å²) in [5, 5.41) is 0. The highest BCUT2D eigenvalue weighted by Crippen LogP contribution is 2.18. The smallest absolute Gasteiger partial charge is 0.314 e. The van der Waals surface area contributed by atoms with Gasteiger partial charge in [-0.25, -0.2) is 0 Å². The zero-order valence-electron chi connectivity index (χ0n) is 24.8. The Morgan fingerprint density at radius 3 is 2.08 bits per heavy atom. The first-order chi connectivity index (χ1) is 18.4. The molecule has 0 fully saturated rings. The summed E-state index contributed by atoms with van der Waals surface area (Å²) >= 11 is 0. The van der Waals surface area contributed by atoms with Gasteiger partial charge in [0.1, 0.15) is 18.2 Å². The van der Waals surface area contributed by atoms with E-state index in [0.29, 0.717) is 19.6 Å². The van der Waals surface area contributed by atoms with E-state index in [2.05, 4.69) is 63.5 Å². The summed E-state index contributed by atoms with van der Waals surface area (Å²) in [5.74, 6) is 0.647. The topological polar surface area (TPSA) is 35.5 Å². The molecule has 0 spiro atoms. The average Bonchev–Trinajstić information content (AvgIpc) is 2.89. The molecule has 0 aliphatic carbocycles. The molecule has 38 heavy (non-hydrogen) atoms. The lowest BCUT2D eigenvalue weighted by Gasteiger charge is -2.31. The van der Waals surface area contributed by atoms with Crippen molar-refractivity contribution < 1.29 is 18.8 Å². The monoisotopic (exact) mass is 524 g/mol. The maximum Gasteiger partial charge on any atom is 0.314 e. The van der Waals surface area contributed by atoms with Gasteiger partial charge in [0.15, 0.2) is 0 Å². The number of hydrogen-bond donors (Lipinski definition) is 0. The minimum Gasteiger partial charge on any atom is -0.493 e. The number of aryl methyl sites for hydroxylation is 1. The van der Waals surface area contributed by atoms with Crippen LogP contribution >= 0.6 is 0 Å².